The zero-order valence-electron chi connectivity index (χ0n) is 10.6. The maximum Gasteiger partial charge on any atom is 0.280 e. The number of nitro groups is 1. The Labute approximate surface area is 122 Å². The van der Waals surface area contributed by atoms with Gasteiger partial charge in [-0.2, -0.15) is 4.98 Å². The number of nitrogens with two attached hydrogens (primary N) is 1. The summed E-state index contributed by atoms with van der Waals surface area (Å²) in [5.74, 6) is 0.360. The van der Waals surface area contributed by atoms with Gasteiger partial charge in [0.2, 0.25) is 5.82 Å². The van der Waals surface area contributed by atoms with Crippen molar-refractivity contribution in [3.05, 3.63) is 44.8 Å². The minimum Gasteiger partial charge on any atom is -0.332 e. The minimum atomic E-state index is -0.485. The summed E-state index contributed by atoms with van der Waals surface area (Å²) in [7, 11) is 0. The summed E-state index contributed by atoms with van der Waals surface area (Å²) in [6.07, 6.45) is 0. The lowest BCUT2D eigenvalue weighted by atomic mass is 10.2. The van der Waals surface area contributed by atoms with E-state index in [-0.39, 0.29) is 17.4 Å². The fourth-order valence-corrected chi connectivity index (χ4v) is 2.41. The number of thiazole rings is 1. The van der Waals surface area contributed by atoms with Crippen LogP contribution in [0.3, 0.4) is 0 Å². The fourth-order valence-electron chi connectivity index (χ4n) is 1.76. The van der Waals surface area contributed by atoms with Crippen molar-refractivity contribution < 1.29 is 9.45 Å². The number of para-hydroxylation sites is 1. The van der Waals surface area contributed by atoms with Gasteiger partial charge in [-0.05, 0) is 6.07 Å². The number of nitro benzene ring substituents is 1. The maximum atomic E-state index is 11.0. The van der Waals surface area contributed by atoms with Gasteiger partial charge in [0, 0.05) is 18.0 Å². The molecule has 0 bridgehead atoms. The molecule has 0 unspecified atom stereocenters. The highest BCUT2D eigenvalue weighted by atomic mass is 32.1. The van der Waals surface area contributed by atoms with E-state index < -0.39 is 4.92 Å². The molecule has 0 aliphatic rings. The predicted octanol–water partition coefficient (Wildman–Crippen LogP) is 2.23. The lowest BCUT2D eigenvalue weighted by molar-refractivity contribution is -0.384. The molecule has 0 aliphatic carbocycles. The molecule has 106 valence electrons. The van der Waals surface area contributed by atoms with Gasteiger partial charge >= 0.3 is 0 Å². The van der Waals surface area contributed by atoms with Crippen LogP contribution in [0.4, 0.5) is 5.69 Å². The quantitative estimate of drug-likeness (QED) is 0.579. The molecule has 0 saturated heterocycles. The molecule has 0 amide bonds. The lowest BCUT2D eigenvalue weighted by Crippen LogP contribution is -1.94. The van der Waals surface area contributed by atoms with Gasteiger partial charge in [-0.1, -0.05) is 17.3 Å². The Hall–Kier alpha value is -2.65. The topological polar surface area (TPSA) is 121 Å². The van der Waals surface area contributed by atoms with Gasteiger partial charge in [0.1, 0.15) is 16.3 Å². The monoisotopic (exact) mass is 303 g/mol. The van der Waals surface area contributed by atoms with E-state index in [9.17, 15) is 10.1 Å². The van der Waals surface area contributed by atoms with Crippen LogP contribution >= 0.6 is 11.3 Å². The number of hydrogen-bond acceptors (Lipinski definition) is 8. The van der Waals surface area contributed by atoms with Gasteiger partial charge in [0.05, 0.1) is 4.92 Å². The van der Waals surface area contributed by atoms with Crippen molar-refractivity contribution in [3.63, 3.8) is 0 Å². The third kappa shape index (κ3) is 2.51. The first-order valence-corrected chi connectivity index (χ1v) is 6.79. The molecule has 3 aromatic rings. The van der Waals surface area contributed by atoms with Gasteiger partial charge in [0.25, 0.3) is 11.6 Å². The van der Waals surface area contributed by atoms with Crippen molar-refractivity contribution in [2.75, 3.05) is 0 Å². The molecule has 1 aromatic carbocycles. The average molecular weight is 303 g/mol. The largest absolute Gasteiger partial charge is 0.332 e. The molecule has 21 heavy (non-hydrogen) atoms. The van der Waals surface area contributed by atoms with E-state index in [1.165, 1.54) is 17.4 Å². The molecule has 0 atom stereocenters. The summed E-state index contributed by atoms with van der Waals surface area (Å²) in [4.78, 5) is 18.9. The van der Waals surface area contributed by atoms with Crippen LogP contribution in [0.25, 0.3) is 23.0 Å². The summed E-state index contributed by atoms with van der Waals surface area (Å²) in [5, 5.41) is 17.3. The first-order chi connectivity index (χ1) is 10.2. The van der Waals surface area contributed by atoms with Crippen molar-refractivity contribution in [1.29, 1.82) is 0 Å². The van der Waals surface area contributed by atoms with E-state index in [0.29, 0.717) is 17.8 Å². The van der Waals surface area contributed by atoms with Gasteiger partial charge in [0.15, 0.2) is 0 Å². The summed E-state index contributed by atoms with van der Waals surface area (Å²) in [6, 6.07) is 6.21. The molecular formula is C12H9N5O3S. The second kappa shape index (κ2) is 5.38. The van der Waals surface area contributed by atoms with E-state index in [0.717, 1.165) is 5.01 Å². The van der Waals surface area contributed by atoms with Gasteiger partial charge < -0.3 is 10.3 Å². The van der Waals surface area contributed by atoms with E-state index in [1.807, 2.05) is 0 Å². The van der Waals surface area contributed by atoms with Crippen LogP contribution in [-0.4, -0.2) is 20.0 Å². The number of rotatable bonds is 4. The first kappa shape index (κ1) is 13.3. The molecule has 0 saturated carbocycles. The van der Waals surface area contributed by atoms with Crippen LogP contribution < -0.4 is 5.73 Å². The first-order valence-electron chi connectivity index (χ1n) is 5.91. The summed E-state index contributed by atoms with van der Waals surface area (Å²) in [5.41, 5.74) is 6.23. The molecule has 0 spiro atoms. The van der Waals surface area contributed by atoms with Crippen molar-refractivity contribution in [1.82, 2.24) is 15.1 Å². The standard InChI is InChI=1S/C12H9N5O3S/c13-5-10-14-8(6-21-10)12-15-11(16-20-12)7-3-1-2-4-9(7)17(18)19/h1-4,6H,5,13H2. The van der Waals surface area contributed by atoms with E-state index in [2.05, 4.69) is 15.1 Å². The van der Waals surface area contributed by atoms with E-state index >= 15 is 0 Å². The summed E-state index contributed by atoms with van der Waals surface area (Å²) >= 11 is 1.39. The Balaban J connectivity index is 2.01. The molecule has 2 N–H and O–H groups in total. The Morgan fingerprint density at radius 3 is 2.86 bits per heavy atom. The van der Waals surface area contributed by atoms with Crippen molar-refractivity contribution >= 4 is 17.0 Å². The molecule has 3 rings (SSSR count). The molecule has 0 radical (unpaired) electrons. The number of nitrogens with zero attached hydrogens (tertiary/aromatic N) is 4. The molecular weight excluding hydrogens is 294 g/mol. The Morgan fingerprint density at radius 2 is 2.14 bits per heavy atom. The highest BCUT2D eigenvalue weighted by Crippen LogP contribution is 2.29. The molecule has 8 nitrogen and oxygen atoms in total. The predicted molar refractivity (Wildman–Crippen MR) is 75.4 cm³/mol. The van der Waals surface area contributed by atoms with Crippen molar-refractivity contribution in [2.24, 2.45) is 5.73 Å². The fraction of sp³-hybridized carbons (Fsp3) is 0.0833. The Kier molecular flexibility index (Phi) is 3.42. The number of aromatic nitrogens is 3. The summed E-state index contributed by atoms with van der Waals surface area (Å²) < 4.78 is 5.12. The number of benzene rings is 1. The maximum absolute atomic E-state index is 11.0. The van der Waals surface area contributed by atoms with Crippen LogP contribution in [0.5, 0.6) is 0 Å². The zero-order valence-corrected chi connectivity index (χ0v) is 11.4. The van der Waals surface area contributed by atoms with Gasteiger partial charge in [-0.3, -0.25) is 10.1 Å². The normalized spacial score (nSPS) is 10.7. The SMILES string of the molecule is NCc1nc(-c2nc(-c3ccccc3[N+](=O)[O-])no2)cs1. The van der Waals surface area contributed by atoms with Crippen LogP contribution in [0.2, 0.25) is 0 Å². The molecule has 2 aromatic heterocycles. The third-order valence-corrected chi connectivity index (χ3v) is 3.58. The Bertz CT molecular complexity index is 798. The van der Waals surface area contributed by atoms with E-state index in [4.69, 9.17) is 10.3 Å². The molecule has 2 heterocycles. The zero-order chi connectivity index (χ0) is 14.8. The van der Waals surface area contributed by atoms with Crippen molar-refractivity contribution in [2.45, 2.75) is 6.54 Å². The molecule has 0 aliphatic heterocycles. The van der Waals surface area contributed by atoms with Crippen LogP contribution in [0.15, 0.2) is 34.2 Å². The Morgan fingerprint density at radius 1 is 1.33 bits per heavy atom. The molecule has 9 heteroatoms. The second-order valence-electron chi connectivity index (χ2n) is 4.03. The van der Waals surface area contributed by atoms with Crippen LogP contribution in [0, 0.1) is 10.1 Å². The van der Waals surface area contributed by atoms with Crippen LogP contribution in [0.1, 0.15) is 5.01 Å². The highest BCUT2D eigenvalue weighted by molar-refractivity contribution is 7.09. The highest BCUT2D eigenvalue weighted by Gasteiger charge is 2.20. The van der Waals surface area contributed by atoms with E-state index in [1.54, 1.807) is 23.6 Å². The average Bonchev–Trinajstić information content (AvgIpc) is 3.16. The van der Waals surface area contributed by atoms with Gasteiger partial charge in [-0.25, -0.2) is 4.98 Å². The third-order valence-electron chi connectivity index (χ3n) is 2.71. The minimum absolute atomic E-state index is 0.0780. The molecule has 0 fully saturated rings. The van der Waals surface area contributed by atoms with Gasteiger partial charge in [-0.15, -0.1) is 11.3 Å². The smallest absolute Gasteiger partial charge is 0.280 e. The summed E-state index contributed by atoms with van der Waals surface area (Å²) in [6.45, 7) is 0.329. The van der Waals surface area contributed by atoms with Crippen LogP contribution in [-0.2, 0) is 6.54 Å². The second-order valence-corrected chi connectivity index (χ2v) is 4.97. The lowest BCUT2D eigenvalue weighted by Gasteiger charge is -1.95. The van der Waals surface area contributed by atoms with Crippen molar-refractivity contribution in [3.8, 4) is 23.0 Å². The number of hydrogen-bond donors (Lipinski definition) is 1.